The average Bonchev–Trinajstić information content (AvgIpc) is 2.32. The van der Waals surface area contributed by atoms with E-state index in [9.17, 15) is 0 Å². The maximum absolute atomic E-state index is 5.92. The van der Waals surface area contributed by atoms with E-state index in [2.05, 4.69) is 23.5 Å². The van der Waals surface area contributed by atoms with E-state index in [1.165, 1.54) is 5.69 Å². The van der Waals surface area contributed by atoms with Crippen LogP contribution in [0.5, 0.6) is 5.75 Å². The largest absolute Gasteiger partial charge is 0.489 e. The number of anilines is 2. The van der Waals surface area contributed by atoms with Gasteiger partial charge in [0, 0.05) is 24.8 Å². The van der Waals surface area contributed by atoms with Crippen molar-refractivity contribution in [3.63, 3.8) is 0 Å². The number of nitrogen functional groups attached to an aromatic ring is 1. The van der Waals surface area contributed by atoms with Crippen LogP contribution in [0.3, 0.4) is 0 Å². The Labute approximate surface area is 104 Å². The van der Waals surface area contributed by atoms with E-state index in [1.807, 2.05) is 19.9 Å². The molecule has 1 aliphatic heterocycles. The van der Waals surface area contributed by atoms with Crippen LogP contribution in [0.4, 0.5) is 11.4 Å². The lowest BCUT2D eigenvalue weighted by molar-refractivity contribution is 0.244. The summed E-state index contributed by atoms with van der Waals surface area (Å²) in [7, 11) is 0. The minimum atomic E-state index is 0.155. The second-order valence-electron chi connectivity index (χ2n) is 4.74. The monoisotopic (exact) mass is 233 g/mol. The predicted octanol–water partition coefficient (Wildman–Crippen LogP) is 2.86. The summed E-state index contributed by atoms with van der Waals surface area (Å²) in [6.07, 6.45) is 4.82. The molecule has 0 unspecified atom stereocenters. The fraction of sp³-hybridized carbons (Fsp3) is 0.500. The molecule has 1 aromatic carbocycles. The van der Waals surface area contributed by atoms with Crippen molar-refractivity contribution >= 4 is 11.4 Å². The molecule has 1 heterocycles. The maximum atomic E-state index is 5.92. The molecular formula is C14H21N2O. The third-order valence-corrected chi connectivity index (χ3v) is 2.93. The van der Waals surface area contributed by atoms with E-state index in [0.717, 1.165) is 31.7 Å². The van der Waals surface area contributed by atoms with E-state index >= 15 is 0 Å². The molecule has 93 valence electrons. The highest BCUT2D eigenvalue weighted by Crippen LogP contribution is 2.29. The summed E-state index contributed by atoms with van der Waals surface area (Å²) < 4.78 is 5.72. The van der Waals surface area contributed by atoms with Crippen LogP contribution in [0.2, 0.25) is 0 Å². The zero-order valence-corrected chi connectivity index (χ0v) is 10.6. The minimum absolute atomic E-state index is 0.155. The molecule has 0 amide bonds. The van der Waals surface area contributed by atoms with Gasteiger partial charge >= 0.3 is 0 Å². The van der Waals surface area contributed by atoms with Crippen molar-refractivity contribution in [3.05, 3.63) is 24.6 Å². The van der Waals surface area contributed by atoms with Crippen LogP contribution in [0, 0.1) is 6.42 Å². The summed E-state index contributed by atoms with van der Waals surface area (Å²) in [6.45, 7) is 6.21. The number of hydrogen-bond donors (Lipinski definition) is 1. The van der Waals surface area contributed by atoms with Crippen molar-refractivity contribution in [2.45, 2.75) is 32.8 Å². The lowest BCUT2D eigenvalue weighted by atomic mass is 10.1. The normalized spacial score (nSPS) is 16.3. The van der Waals surface area contributed by atoms with Gasteiger partial charge in [0.1, 0.15) is 5.75 Å². The lowest BCUT2D eigenvalue weighted by Gasteiger charge is -2.29. The summed E-state index contributed by atoms with van der Waals surface area (Å²) in [5.41, 5.74) is 7.84. The zero-order chi connectivity index (χ0) is 12.3. The Morgan fingerprint density at radius 2 is 1.94 bits per heavy atom. The van der Waals surface area contributed by atoms with Crippen LogP contribution in [0.25, 0.3) is 0 Å². The van der Waals surface area contributed by atoms with E-state index in [4.69, 9.17) is 10.5 Å². The number of ether oxygens (including phenoxy) is 1. The third-order valence-electron chi connectivity index (χ3n) is 2.93. The first kappa shape index (κ1) is 12.1. The highest BCUT2D eigenvalue weighted by Gasteiger charge is 2.13. The number of nitrogens with two attached hydrogens (primary N) is 1. The second-order valence-corrected chi connectivity index (χ2v) is 4.74. The SMILES string of the molecule is CC(C)Oc1cc(N2CC[CH]CC2)ccc1N. The van der Waals surface area contributed by atoms with Gasteiger partial charge in [-0.2, -0.15) is 0 Å². The van der Waals surface area contributed by atoms with Gasteiger partial charge in [0.25, 0.3) is 0 Å². The fourth-order valence-electron chi connectivity index (χ4n) is 2.08. The Morgan fingerprint density at radius 3 is 2.59 bits per heavy atom. The van der Waals surface area contributed by atoms with Crippen LogP contribution in [-0.2, 0) is 0 Å². The molecule has 1 radical (unpaired) electrons. The van der Waals surface area contributed by atoms with Crippen molar-refractivity contribution < 1.29 is 4.74 Å². The molecule has 1 aliphatic rings. The highest BCUT2D eigenvalue weighted by molar-refractivity contribution is 5.62. The molecule has 1 aromatic rings. The highest BCUT2D eigenvalue weighted by atomic mass is 16.5. The molecule has 0 bridgehead atoms. The van der Waals surface area contributed by atoms with E-state index < -0.39 is 0 Å². The smallest absolute Gasteiger partial charge is 0.144 e. The lowest BCUT2D eigenvalue weighted by Crippen LogP contribution is -2.29. The Hall–Kier alpha value is -1.38. The second kappa shape index (κ2) is 5.30. The number of piperidine rings is 1. The fourth-order valence-corrected chi connectivity index (χ4v) is 2.08. The molecule has 1 saturated heterocycles. The summed E-state index contributed by atoms with van der Waals surface area (Å²) in [6, 6.07) is 6.07. The van der Waals surface area contributed by atoms with E-state index in [1.54, 1.807) is 0 Å². The van der Waals surface area contributed by atoms with Gasteiger partial charge in [-0.05, 0) is 45.2 Å². The zero-order valence-electron chi connectivity index (χ0n) is 10.6. The van der Waals surface area contributed by atoms with Gasteiger partial charge in [0.15, 0.2) is 0 Å². The summed E-state index contributed by atoms with van der Waals surface area (Å²) >= 11 is 0. The van der Waals surface area contributed by atoms with Crippen LogP contribution in [-0.4, -0.2) is 19.2 Å². The first-order valence-electron chi connectivity index (χ1n) is 6.29. The number of benzene rings is 1. The van der Waals surface area contributed by atoms with Gasteiger partial charge in [-0.15, -0.1) is 0 Å². The van der Waals surface area contributed by atoms with Crippen LogP contribution in [0.15, 0.2) is 18.2 Å². The molecule has 1 fully saturated rings. The molecule has 3 nitrogen and oxygen atoms in total. The molecule has 0 aromatic heterocycles. The summed E-state index contributed by atoms with van der Waals surface area (Å²) in [5, 5.41) is 0. The molecule has 3 heteroatoms. The van der Waals surface area contributed by atoms with Crippen molar-refractivity contribution in [2.75, 3.05) is 23.7 Å². The third kappa shape index (κ3) is 3.05. The molecule has 0 atom stereocenters. The Balaban J connectivity index is 2.17. The molecular weight excluding hydrogens is 212 g/mol. The minimum Gasteiger partial charge on any atom is -0.489 e. The van der Waals surface area contributed by atoms with Gasteiger partial charge in [-0.1, -0.05) is 0 Å². The van der Waals surface area contributed by atoms with E-state index in [0.29, 0.717) is 5.69 Å². The van der Waals surface area contributed by atoms with Crippen molar-refractivity contribution in [2.24, 2.45) is 0 Å². The summed E-state index contributed by atoms with van der Waals surface area (Å²) in [5.74, 6) is 0.798. The molecule has 0 saturated carbocycles. The van der Waals surface area contributed by atoms with Gasteiger partial charge in [-0.3, -0.25) is 0 Å². The first-order valence-corrected chi connectivity index (χ1v) is 6.29. The quantitative estimate of drug-likeness (QED) is 0.816. The van der Waals surface area contributed by atoms with Crippen molar-refractivity contribution in [3.8, 4) is 5.75 Å². The van der Waals surface area contributed by atoms with Gasteiger partial charge in [-0.25, -0.2) is 0 Å². The van der Waals surface area contributed by atoms with Crippen molar-refractivity contribution in [1.82, 2.24) is 0 Å². The van der Waals surface area contributed by atoms with Crippen LogP contribution < -0.4 is 15.4 Å². The Bertz CT molecular complexity index is 370. The molecule has 2 N–H and O–H groups in total. The Kier molecular flexibility index (Phi) is 3.77. The first-order chi connectivity index (χ1) is 8.16. The number of hydrogen-bond acceptors (Lipinski definition) is 3. The van der Waals surface area contributed by atoms with Gasteiger partial charge in [0.05, 0.1) is 11.8 Å². The molecule has 0 spiro atoms. The molecule has 17 heavy (non-hydrogen) atoms. The number of rotatable bonds is 3. The van der Waals surface area contributed by atoms with Crippen LogP contribution in [0.1, 0.15) is 26.7 Å². The van der Waals surface area contributed by atoms with Crippen molar-refractivity contribution in [1.29, 1.82) is 0 Å². The topological polar surface area (TPSA) is 38.5 Å². The van der Waals surface area contributed by atoms with E-state index in [-0.39, 0.29) is 6.10 Å². The number of nitrogens with zero attached hydrogens (tertiary/aromatic N) is 1. The van der Waals surface area contributed by atoms with Gasteiger partial charge in [0.2, 0.25) is 0 Å². The summed E-state index contributed by atoms with van der Waals surface area (Å²) in [4.78, 5) is 2.38. The Morgan fingerprint density at radius 1 is 1.24 bits per heavy atom. The standard InChI is InChI=1S/C14H21N2O/c1-11(2)17-14-10-12(6-7-13(14)15)16-8-4-3-5-9-16/h3,6-7,10-11H,4-5,8-9,15H2,1-2H3. The van der Waals surface area contributed by atoms with Gasteiger partial charge < -0.3 is 15.4 Å². The molecule has 0 aliphatic carbocycles. The molecule has 2 rings (SSSR count). The maximum Gasteiger partial charge on any atom is 0.144 e. The predicted molar refractivity (Wildman–Crippen MR) is 72.4 cm³/mol. The van der Waals surface area contributed by atoms with Crippen LogP contribution >= 0.6 is 0 Å². The average molecular weight is 233 g/mol.